The maximum atomic E-state index is 11.1. The Balaban J connectivity index is 3.89. The predicted molar refractivity (Wildman–Crippen MR) is 48.8 cm³/mol. The minimum atomic E-state index is -0.491. The van der Waals surface area contributed by atoms with Crippen LogP contribution in [0.25, 0.3) is 0 Å². The van der Waals surface area contributed by atoms with E-state index in [2.05, 4.69) is 5.43 Å². The molecule has 0 bridgehead atoms. The van der Waals surface area contributed by atoms with Crippen molar-refractivity contribution in [3.63, 3.8) is 0 Å². The molecule has 0 aliphatic carbocycles. The highest BCUT2D eigenvalue weighted by Gasteiger charge is 2.18. The Morgan fingerprint density at radius 2 is 2.23 bits per heavy atom. The summed E-state index contributed by atoms with van der Waals surface area (Å²) < 4.78 is 10.3. The molecule has 1 amide bonds. The molecule has 0 aromatic rings. The van der Waals surface area contributed by atoms with Crippen molar-refractivity contribution >= 4 is 5.91 Å². The molecule has 0 radical (unpaired) electrons. The lowest BCUT2D eigenvalue weighted by molar-refractivity contribution is -0.138. The quantitative estimate of drug-likeness (QED) is 0.346. The van der Waals surface area contributed by atoms with Crippen LogP contribution in [0.4, 0.5) is 0 Å². The van der Waals surface area contributed by atoms with E-state index >= 15 is 0 Å². The summed E-state index contributed by atoms with van der Waals surface area (Å²) in [4.78, 5) is 11.1. The first kappa shape index (κ1) is 12.3. The summed E-state index contributed by atoms with van der Waals surface area (Å²) in [5.41, 5.74) is 2.06. The fraction of sp³-hybridized carbons (Fsp3) is 0.875. The summed E-state index contributed by atoms with van der Waals surface area (Å²) in [6.45, 7) is 4.17. The van der Waals surface area contributed by atoms with Gasteiger partial charge in [0.1, 0.15) is 6.10 Å². The molecule has 2 atom stereocenters. The maximum Gasteiger partial charge on any atom is 0.262 e. The van der Waals surface area contributed by atoms with E-state index in [0.717, 1.165) is 0 Å². The molecule has 0 aliphatic rings. The van der Waals surface area contributed by atoms with Crippen molar-refractivity contribution < 1.29 is 14.3 Å². The van der Waals surface area contributed by atoms with Crippen LogP contribution < -0.4 is 11.3 Å². The van der Waals surface area contributed by atoms with Gasteiger partial charge >= 0.3 is 0 Å². The molecule has 2 unspecified atom stereocenters. The van der Waals surface area contributed by atoms with Crippen molar-refractivity contribution in [2.75, 3.05) is 13.7 Å². The third-order valence-corrected chi connectivity index (χ3v) is 1.60. The molecule has 0 saturated heterocycles. The zero-order chi connectivity index (χ0) is 10.3. The normalized spacial score (nSPS) is 15.1. The van der Waals surface area contributed by atoms with E-state index in [1.165, 1.54) is 0 Å². The van der Waals surface area contributed by atoms with Crippen LogP contribution in [0, 0.1) is 0 Å². The number of hydrogen-bond donors (Lipinski definition) is 2. The zero-order valence-electron chi connectivity index (χ0n) is 8.37. The largest absolute Gasteiger partial charge is 0.382 e. The van der Waals surface area contributed by atoms with Gasteiger partial charge in [0.2, 0.25) is 0 Å². The van der Waals surface area contributed by atoms with Gasteiger partial charge < -0.3 is 9.47 Å². The molecule has 0 aliphatic heterocycles. The lowest BCUT2D eigenvalue weighted by Crippen LogP contribution is -2.42. The van der Waals surface area contributed by atoms with Gasteiger partial charge in [-0.15, -0.1) is 0 Å². The van der Waals surface area contributed by atoms with Gasteiger partial charge in [-0.1, -0.05) is 6.92 Å². The molecular weight excluding hydrogens is 172 g/mol. The van der Waals surface area contributed by atoms with Crippen molar-refractivity contribution in [2.24, 2.45) is 5.84 Å². The smallest absolute Gasteiger partial charge is 0.262 e. The second-order valence-electron chi connectivity index (χ2n) is 2.81. The molecule has 0 spiro atoms. The van der Waals surface area contributed by atoms with Crippen LogP contribution in [-0.2, 0) is 14.3 Å². The van der Waals surface area contributed by atoms with Gasteiger partial charge in [0.25, 0.3) is 5.91 Å². The molecule has 13 heavy (non-hydrogen) atoms. The van der Waals surface area contributed by atoms with E-state index < -0.39 is 6.10 Å². The van der Waals surface area contributed by atoms with Crippen LogP contribution in [0.5, 0.6) is 0 Å². The monoisotopic (exact) mass is 190 g/mol. The van der Waals surface area contributed by atoms with Crippen LogP contribution in [-0.4, -0.2) is 31.8 Å². The second kappa shape index (κ2) is 6.82. The third kappa shape index (κ3) is 4.82. The number of ether oxygens (including phenoxy) is 2. The standard InChI is InChI=1S/C8H18N2O3/c1-4-7(8(11)10-9)13-6(2)5-12-3/h6-7H,4-5,9H2,1-3H3,(H,10,11). The Labute approximate surface area is 78.5 Å². The van der Waals surface area contributed by atoms with Crippen LogP contribution >= 0.6 is 0 Å². The Morgan fingerprint density at radius 1 is 1.62 bits per heavy atom. The summed E-state index contributed by atoms with van der Waals surface area (Å²) in [5, 5.41) is 0. The van der Waals surface area contributed by atoms with E-state index in [0.29, 0.717) is 13.0 Å². The molecule has 0 aromatic heterocycles. The lowest BCUT2D eigenvalue weighted by atomic mass is 10.2. The number of hydrogen-bond acceptors (Lipinski definition) is 4. The zero-order valence-corrected chi connectivity index (χ0v) is 8.37. The number of nitrogens with two attached hydrogens (primary N) is 1. The molecule has 0 rings (SSSR count). The Kier molecular flexibility index (Phi) is 6.48. The van der Waals surface area contributed by atoms with Crippen LogP contribution in [0.15, 0.2) is 0 Å². The highest BCUT2D eigenvalue weighted by Crippen LogP contribution is 2.02. The minimum absolute atomic E-state index is 0.104. The van der Waals surface area contributed by atoms with Crippen molar-refractivity contribution in [2.45, 2.75) is 32.5 Å². The number of methoxy groups -OCH3 is 1. The number of carbonyl (C=O) groups is 1. The molecule has 0 saturated carbocycles. The van der Waals surface area contributed by atoms with Gasteiger partial charge in [0.15, 0.2) is 0 Å². The Morgan fingerprint density at radius 3 is 2.62 bits per heavy atom. The fourth-order valence-electron chi connectivity index (χ4n) is 0.991. The first-order chi connectivity index (χ1) is 6.15. The topological polar surface area (TPSA) is 73.6 Å². The van der Waals surface area contributed by atoms with E-state index in [1.54, 1.807) is 7.11 Å². The second-order valence-corrected chi connectivity index (χ2v) is 2.81. The van der Waals surface area contributed by atoms with Crippen LogP contribution in [0.3, 0.4) is 0 Å². The predicted octanol–water partition coefficient (Wildman–Crippen LogP) is -0.194. The Bertz CT molecular complexity index is 152. The van der Waals surface area contributed by atoms with Crippen molar-refractivity contribution in [1.29, 1.82) is 0 Å². The average Bonchev–Trinajstić information content (AvgIpc) is 2.13. The third-order valence-electron chi connectivity index (χ3n) is 1.60. The summed E-state index contributed by atoms with van der Waals surface area (Å²) in [5.74, 6) is 4.69. The number of carbonyl (C=O) groups excluding carboxylic acids is 1. The van der Waals surface area contributed by atoms with Gasteiger partial charge in [-0.25, -0.2) is 5.84 Å². The number of rotatable bonds is 6. The first-order valence-electron chi connectivity index (χ1n) is 4.30. The van der Waals surface area contributed by atoms with Gasteiger partial charge in [-0.05, 0) is 13.3 Å². The van der Waals surface area contributed by atoms with E-state index in [9.17, 15) is 4.79 Å². The highest BCUT2D eigenvalue weighted by molar-refractivity contribution is 5.80. The summed E-state index contributed by atoms with van der Waals surface area (Å²) >= 11 is 0. The SMILES string of the molecule is CCC(OC(C)COC)C(=O)NN. The molecule has 5 nitrogen and oxygen atoms in total. The average molecular weight is 190 g/mol. The van der Waals surface area contributed by atoms with E-state index in [1.807, 2.05) is 13.8 Å². The molecule has 0 fully saturated rings. The first-order valence-corrected chi connectivity index (χ1v) is 4.30. The molecule has 0 aromatic carbocycles. The maximum absolute atomic E-state index is 11.1. The molecule has 3 N–H and O–H groups in total. The van der Waals surface area contributed by atoms with Crippen molar-refractivity contribution in [3.05, 3.63) is 0 Å². The van der Waals surface area contributed by atoms with Crippen molar-refractivity contribution in [3.8, 4) is 0 Å². The van der Waals surface area contributed by atoms with Crippen molar-refractivity contribution in [1.82, 2.24) is 5.43 Å². The number of amides is 1. The summed E-state index contributed by atoms with van der Waals surface area (Å²) in [6, 6.07) is 0. The van der Waals surface area contributed by atoms with Gasteiger partial charge in [-0.2, -0.15) is 0 Å². The summed E-state index contributed by atoms with van der Waals surface area (Å²) in [7, 11) is 1.59. The van der Waals surface area contributed by atoms with Gasteiger partial charge in [0.05, 0.1) is 12.7 Å². The van der Waals surface area contributed by atoms with Gasteiger partial charge in [-0.3, -0.25) is 10.2 Å². The Hall–Kier alpha value is -0.650. The van der Waals surface area contributed by atoms with Crippen LogP contribution in [0.2, 0.25) is 0 Å². The van der Waals surface area contributed by atoms with Gasteiger partial charge in [0, 0.05) is 7.11 Å². The minimum Gasteiger partial charge on any atom is -0.382 e. The molecule has 5 heteroatoms. The molecule has 78 valence electrons. The van der Waals surface area contributed by atoms with Crippen LogP contribution in [0.1, 0.15) is 20.3 Å². The number of nitrogens with one attached hydrogen (secondary N) is 1. The summed E-state index contributed by atoms with van der Waals surface area (Å²) in [6.07, 6.45) is -0.000667. The molecule has 0 heterocycles. The lowest BCUT2D eigenvalue weighted by Gasteiger charge is -2.19. The molecular formula is C8H18N2O3. The van der Waals surface area contributed by atoms with E-state index in [4.69, 9.17) is 15.3 Å². The number of hydrazine groups is 1. The highest BCUT2D eigenvalue weighted by atomic mass is 16.5. The van der Waals surface area contributed by atoms with E-state index in [-0.39, 0.29) is 12.0 Å². The fourth-order valence-corrected chi connectivity index (χ4v) is 0.991.